The molecule has 3 heteroatoms. The Balaban J connectivity index is 2.17. The minimum atomic E-state index is -0.183. The maximum atomic E-state index is 13.6. The van der Waals surface area contributed by atoms with E-state index in [0.717, 1.165) is 13.0 Å². The summed E-state index contributed by atoms with van der Waals surface area (Å²) in [4.78, 5) is 13.1. The first-order chi connectivity index (χ1) is 7.18. The van der Waals surface area contributed by atoms with Crippen molar-refractivity contribution in [2.75, 3.05) is 6.54 Å². The van der Waals surface area contributed by atoms with E-state index >= 15 is 0 Å². The van der Waals surface area contributed by atoms with Gasteiger partial charge in [0.25, 0.3) is 0 Å². The topological polar surface area (TPSA) is 20.3 Å². The van der Waals surface area contributed by atoms with E-state index in [1.807, 2.05) is 6.07 Å². The molecule has 0 atom stereocenters. The molecule has 1 aliphatic rings. The Bertz CT molecular complexity index is 389. The largest absolute Gasteiger partial charge is 0.338 e. The summed E-state index contributed by atoms with van der Waals surface area (Å²) >= 11 is 0. The van der Waals surface area contributed by atoms with Crippen LogP contribution in [0.4, 0.5) is 4.39 Å². The van der Waals surface area contributed by atoms with Crippen LogP contribution < -0.4 is 0 Å². The van der Waals surface area contributed by atoms with Crippen LogP contribution in [0.25, 0.3) is 0 Å². The first-order valence-electron chi connectivity index (χ1n) is 5.20. The standard InChI is InChI=1S/C12H14FNO/c1-9-4-2-5-10(12(9)13)8-14-7-3-6-11(14)15/h2,4-5H,3,6-8H2,1H3. The lowest BCUT2D eigenvalue weighted by Crippen LogP contribution is -2.24. The molecular formula is C12H14FNO. The van der Waals surface area contributed by atoms with Crippen LogP contribution in [0, 0.1) is 12.7 Å². The van der Waals surface area contributed by atoms with Gasteiger partial charge in [-0.3, -0.25) is 4.79 Å². The fourth-order valence-corrected chi connectivity index (χ4v) is 1.91. The quantitative estimate of drug-likeness (QED) is 0.728. The maximum Gasteiger partial charge on any atom is 0.222 e. The summed E-state index contributed by atoms with van der Waals surface area (Å²) in [5.74, 6) is -0.0480. The van der Waals surface area contributed by atoms with Gasteiger partial charge in [-0.1, -0.05) is 18.2 Å². The molecule has 1 fully saturated rings. The summed E-state index contributed by atoms with van der Waals surface area (Å²) in [6.45, 7) is 2.91. The summed E-state index contributed by atoms with van der Waals surface area (Å²) in [5.41, 5.74) is 1.25. The van der Waals surface area contributed by atoms with Gasteiger partial charge in [-0.2, -0.15) is 0 Å². The first kappa shape index (κ1) is 10.1. The molecule has 2 rings (SSSR count). The molecule has 0 aromatic heterocycles. The average molecular weight is 207 g/mol. The maximum absolute atomic E-state index is 13.6. The highest BCUT2D eigenvalue weighted by Gasteiger charge is 2.21. The highest BCUT2D eigenvalue weighted by Crippen LogP contribution is 2.18. The predicted molar refractivity (Wildman–Crippen MR) is 55.8 cm³/mol. The fourth-order valence-electron chi connectivity index (χ4n) is 1.91. The van der Waals surface area contributed by atoms with Gasteiger partial charge < -0.3 is 4.90 Å². The lowest BCUT2D eigenvalue weighted by atomic mass is 10.1. The number of nitrogens with zero attached hydrogens (tertiary/aromatic N) is 1. The average Bonchev–Trinajstić information content (AvgIpc) is 2.60. The molecule has 0 saturated carbocycles. The molecule has 80 valence electrons. The molecule has 1 amide bonds. The van der Waals surface area contributed by atoms with Crippen molar-refractivity contribution in [3.05, 3.63) is 35.1 Å². The highest BCUT2D eigenvalue weighted by molar-refractivity contribution is 5.78. The van der Waals surface area contributed by atoms with E-state index in [0.29, 0.717) is 24.1 Å². The first-order valence-corrected chi connectivity index (χ1v) is 5.20. The summed E-state index contributed by atoms with van der Waals surface area (Å²) in [6.07, 6.45) is 1.50. The number of hydrogen-bond acceptors (Lipinski definition) is 1. The minimum absolute atomic E-state index is 0.135. The van der Waals surface area contributed by atoms with Crippen molar-refractivity contribution in [2.45, 2.75) is 26.3 Å². The Labute approximate surface area is 88.7 Å². The Hall–Kier alpha value is -1.38. The zero-order valence-corrected chi connectivity index (χ0v) is 8.79. The van der Waals surface area contributed by atoms with Crippen molar-refractivity contribution in [3.63, 3.8) is 0 Å². The number of halogens is 1. The van der Waals surface area contributed by atoms with E-state index in [-0.39, 0.29) is 11.7 Å². The van der Waals surface area contributed by atoms with Gasteiger partial charge in [0.1, 0.15) is 5.82 Å². The fraction of sp³-hybridized carbons (Fsp3) is 0.417. The lowest BCUT2D eigenvalue weighted by molar-refractivity contribution is -0.128. The van der Waals surface area contributed by atoms with Gasteiger partial charge in [-0.25, -0.2) is 4.39 Å². The summed E-state index contributed by atoms with van der Waals surface area (Å²) in [7, 11) is 0. The van der Waals surface area contributed by atoms with Crippen molar-refractivity contribution in [2.24, 2.45) is 0 Å². The van der Waals surface area contributed by atoms with E-state index < -0.39 is 0 Å². The number of rotatable bonds is 2. The van der Waals surface area contributed by atoms with Crippen molar-refractivity contribution in [1.82, 2.24) is 4.90 Å². The molecule has 1 heterocycles. The zero-order chi connectivity index (χ0) is 10.8. The van der Waals surface area contributed by atoms with Gasteiger partial charge in [-0.15, -0.1) is 0 Å². The van der Waals surface area contributed by atoms with Crippen LogP contribution in [0.15, 0.2) is 18.2 Å². The number of likely N-dealkylation sites (tertiary alicyclic amines) is 1. The molecule has 1 aromatic rings. The van der Waals surface area contributed by atoms with Gasteiger partial charge in [0.05, 0.1) is 0 Å². The molecule has 0 radical (unpaired) electrons. The summed E-state index contributed by atoms with van der Waals surface area (Å²) < 4.78 is 13.6. The van der Waals surface area contributed by atoms with E-state index in [2.05, 4.69) is 0 Å². The Morgan fingerprint density at radius 3 is 2.93 bits per heavy atom. The van der Waals surface area contributed by atoms with Crippen LogP contribution in [0.5, 0.6) is 0 Å². The number of amides is 1. The van der Waals surface area contributed by atoms with Crippen LogP contribution in [-0.4, -0.2) is 17.4 Å². The highest BCUT2D eigenvalue weighted by atomic mass is 19.1. The number of carbonyl (C=O) groups is 1. The third-order valence-corrected chi connectivity index (χ3v) is 2.80. The van der Waals surface area contributed by atoms with Crippen LogP contribution in [-0.2, 0) is 11.3 Å². The second-order valence-electron chi connectivity index (χ2n) is 3.97. The molecular weight excluding hydrogens is 193 g/mol. The summed E-state index contributed by atoms with van der Waals surface area (Å²) in [5, 5.41) is 0. The Morgan fingerprint density at radius 1 is 1.47 bits per heavy atom. The van der Waals surface area contributed by atoms with Crippen LogP contribution in [0.2, 0.25) is 0 Å². The van der Waals surface area contributed by atoms with Crippen LogP contribution in [0.3, 0.4) is 0 Å². The second-order valence-corrected chi connectivity index (χ2v) is 3.97. The van der Waals surface area contributed by atoms with Crippen molar-refractivity contribution in [1.29, 1.82) is 0 Å². The predicted octanol–water partition coefficient (Wildman–Crippen LogP) is 2.26. The second kappa shape index (κ2) is 4.01. The number of carbonyl (C=O) groups excluding carboxylic acids is 1. The Kier molecular flexibility index (Phi) is 2.71. The van der Waals surface area contributed by atoms with Gasteiger partial charge in [0.15, 0.2) is 0 Å². The SMILES string of the molecule is Cc1cccc(CN2CCCC2=O)c1F. The smallest absolute Gasteiger partial charge is 0.222 e. The Morgan fingerprint density at radius 2 is 2.27 bits per heavy atom. The van der Waals surface area contributed by atoms with Gasteiger partial charge in [0.2, 0.25) is 5.91 Å². The normalized spacial score (nSPS) is 16.1. The van der Waals surface area contributed by atoms with Crippen molar-refractivity contribution < 1.29 is 9.18 Å². The molecule has 1 saturated heterocycles. The van der Waals surface area contributed by atoms with Crippen LogP contribution >= 0.6 is 0 Å². The van der Waals surface area contributed by atoms with Gasteiger partial charge in [0, 0.05) is 25.1 Å². The third-order valence-electron chi connectivity index (χ3n) is 2.80. The van der Waals surface area contributed by atoms with Gasteiger partial charge in [-0.05, 0) is 18.9 Å². The van der Waals surface area contributed by atoms with Crippen molar-refractivity contribution in [3.8, 4) is 0 Å². The lowest BCUT2D eigenvalue weighted by Gasteiger charge is -2.16. The molecule has 0 N–H and O–H groups in total. The number of benzene rings is 1. The summed E-state index contributed by atoms with van der Waals surface area (Å²) in [6, 6.07) is 5.31. The molecule has 2 nitrogen and oxygen atoms in total. The van der Waals surface area contributed by atoms with E-state index in [1.54, 1.807) is 24.0 Å². The zero-order valence-electron chi connectivity index (χ0n) is 8.79. The van der Waals surface area contributed by atoms with Crippen LogP contribution in [0.1, 0.15) is 24.0 Å². The van der Waals surface area contributed by atoms with E-state index in [9.17, 15) is 9.18 Å². The molecule has 1 aliphatic heterocycles. The van der Waals surface area contributed by atoms with Gasteiger partial charge >= 0.3 is 0 Å². The molecule has 15 heavy (non-hydrogen) atoms. The third kappa shape index (κ3) is 2.01. The monoisotopic (exact) mass is 207 g/mol. The molecule has 0 unspecified atom stereocenters. The molecule has 1 aromatic carbocycles. The molecule has 0 spiro atoms. The number of hydrogen-bond donors (Lipinski definition) is 0. The van der Waals surface area contributed by atoms with E-state index in [4.69, 9.17) is 0 Å². The minimum Gasteiger partial charge on any atom is -0.338 e. The molecule has 0 aliphatic carbocycles. The molecule has 0 bridgehead atoms. The van der Waals surface area contributed by atoms with Crippen molar-refractivity contribution >= 4 is 5.91 Å². The number of aryl methyl sites for hydroxylation is 1. The van der Waals surface area contributed by atoms with E-state index in [1.165, 1.54) is 0 Å².